The number of Topliss-reactive ketones (excluding diaryl/α,β-unsaturated/α-hetero) is 1. The predicted octanol–water partition coefficient (Wildman–Crippen LogP) is 3.34. The van der Waals surface area contributed by atoms with Gasteiger partial charge in [0, 0.05) is 30.1 Å². The van der Waals surface area contributed by atoms with E-state index in [1.165, 1.54) is 0 Å². The van der Waals surface area contributed by atoms with Crippen LogP contribution in [0.4, 0.5) is 0 Å². The van der Waals surface area contributed by atoms with Crippen LogP contribution in [-0.4, -0.2) is 15.3 Å². The van der Waals surface area contributed by atoms with Crippen molar-refractivity contribution in [3.63, 3.8) is 0 Å². The van der Waals surface area contributed by atoms with Crippen LogP contribution in [0.5, 0.6) is 0 Å². The van der Waals surface area contributed by atoms with Crippen LogP contribution >= 0.6 is 0 Å². The van der Waals surface area contributed by atoms with Crippen molar-refractivity contribution < 1.29 is 4.79 Å². The van der Waals surface area contributed by atoms with Crippen LogP contribution in [0.2, 0.25) is 0 Å². The minimum atomic E-state index is 0.0380. The molecule has 98 valence electrons. The Morgan fingerprint density at radius 2 is 2.05 bits per heavy atom. The van der Waals surface area contributed by atoms with E-state index in [1.54, 1.807) is 6.20 Å². The van der Waals surface area contributed by atoms with E-state index in [0.717, 1.165) is 29.1 Å². The summed E-state index contributed by atoms with van der Waals surface area (Å²) in [5, 5.41) is 0. The molecule has 1 aliphatic carbocycles. The molecule has 0 saturated carbocycles. The van der Waals surface area contributed by atoms with Crippen LogP contribution in [0, 0.1) is 12.3 Å². The molecular formula is C16H18N2O. The normalized spacial score (nSPS) is 17.3. The van der Waals surface area contributed by atoms with Crippen molar-refractivity contribution in [1.29, 1.82) is 0 Å². The van der Waals surface area contributed by atoms with E-state index in [1.807, 2.05) is 25.3 Å². The van der Waals surface area contributed by atoms with Crippen LogP contribution in [0.3, 0.4) is 0 Å². The number of pyridine rings is 1. The van der Waals surface area contributed by atoms with Gasteiger partial charge in [-0.15, -0.1) is 0 Å². The second-order valence-corrected chi connectivity index (χ2v) is 6.09. The number of hydrogen-bond donors (Lipinski definition) is 0. The lowest BCUT2D eigenvalue weighted by Crippen LogP contribution is -2.27. The van der Waals surface area contributed by atoms with Crippen molar-refractivity contribution in [2.45, 2.75) is 33.6 Å². The maximum atomic E-state index is 12.2. The SMILES string of the molecule is Cc1ncccc1-n1ccc2c1CC(C)(C)CC2=O. The number of carbonyl (C=O) groups excluding carboxylic acids is 1. The molecule has 0 amide bonds. The third kappa shape index (κ3) is 1.99. The van der Waals surface area contributed by atoms with Crippen LogP contribution in [-0.2, 0) is 6.42 Å². The Morgan fingerprint density at radius 1 is 1.26 bits per heavy atom. The van der Waals surface area contributed by atoms with E-state index >= 15 is 0 Å². The summed E-state index contributed by atoms with van der Waals surface area (Å²) < 4.78 is 2.12. The van der Waals surface area contributed by atoms with Crippen LogP contribution in [0.25, 0.3) is 5.69 Å². The van der Waals surface area contributed by atoms with Crippen LogP contribution < -0.4 is 0 Å². The first kappa shape index (κ1) is 12.2. The van der Waals surface area contributed by atoms with E-state index in [2.05, 4.69) is 29.5 Å². The van der Waals surface area contributed by atoms with Gasteiger partial charge < -0.3 is 4.57 Å². The fourth-order valence-electron chi connectivity index (χ4n) is 2.90. The topological polar surface area (TPSA) is 34.9 Å². The van der Waals surface area contributed by atoms with Crippen molar-refractivity contribution in [1.82, 2.24) is 9.55 Å². The van der Waals surface area contributed by atoms with Gasteiger partial charge in [-0.05, 0) is 37.0 Å². The summed E-state index contributed by atoms with van der Waals surface area (Å²) >= 11 is 0. The average Bonchev–Trinajstić information content (AvgIpc) is 2.72. The molecule has 19 heavy (non-hydrogen) atoms. The van der Waals surface area contributed by atoms with Gasteiger partial charge in [-0.3, -0.25) is 9.78 Å². The Labute approximate surface area is 113 Å². The van der Waals surface area contributed by atoms with Gasteiger partial charge in [0.15, 0.2) is 5.78 Å². The molecule has 0 N–H and O–H groups in total. The molecule has 2 heterocycles. The lowest BCUT2D eigenvalue weighted by Gasteiger charge is -2.29. The maximum absolute atomic E-state index is 12.2. The highest BCUT2D eigenvalue weighted by molar-refractivity contribution is 5.99. The number of nitrogens with zero attached hydrogens (tertiary/aromatic N) is 2. The third-order valence-electron chi connectivity index (χ3n) is 3.82. The zero-order valence-electron chi connectivity index (χ0n) is 11.6. The van der Waals surface area contributed by atoms with Gasteiger partial charge in [0.25, 0.3) is 0 Å². The molecule has 0 aromatic carbocycles. The summed E-state index contributed by atoms with van der Waals surface area (Å²) in [6.07, 6.45) is 5.35. The molecule has 2 aromatic rings. The summed E-state index contributed by atoms with van der Waals surface area (Å²) in [6.45, 7) is 6.31. The van der Waals surface area contributed by atoms with Gasteiger partial charge in [-0.2, -0.15) is 0 Å². The molecule has 3 rings (SSSR count). The zero-order chi connectivity index (χ0) is 13.6. The zero-order valence-corrected chi connectivity index (χ0v) is 11.6. The Bertz CT molecular complexity index is 653. The molecule has 0 saturated heterocycles. The second-order valence-electron chi connectivity index (χ2n) is 6.09. The Kier molecular flexibility index (Phi) is 2.59. The first-order valence-electron chi connectivity index (χ1n) is 6.63. The highest BCUT2D eigenvalue weighted by Crippen LogP contribution is 2.36. The van der Waals surface area contributed by atoms with E-state index < -0.39 is 0 Å². The number of rotatable bonds is 1. The average molecular weight is 254 g/mol. The molecule has 2 aromatic heterocycles. The van der Waals surface area contributed by atoms with Gasteiger partial charge in [-0.1, -0.05) is 13.8 Å². The van der Waals surface area contributed by atoms with Crippen LogP contribution in [0.15, 0.2) is 30.6 Å². The van der Waals surface area contributed by atoms with Crippen molar-refractivity contribution in [2.75, 3.05) is 0 Å². The number of hydrogen-bond acceptors (Lipinski definition) is 2. The fraction of sp³-hybridized carbons (Fsp3) is 0.375. The smallest absolute Gasteiger partial charge is 0.165 e. The highest BCUT2D eigenvalue weighted by atomic mass is 16.1. The Balaban J connectivity index is 2.17. The minimum Gasteiger partial charge on any atom is -0.318 e. The van der Waals surface area contributed by atoms with Crippen LogP contribution in [0.1, 0.15) is 42.0 Å². The lowest BCUT2D eigenvalue weighted by atomic mass is 9.76. The quantitative estimate of drug-likeness (QED) is 0.782. The summed E-state index contributed by atoms with van der Waals surface area (Å²) in [5.41, 5.74) is 4.09. The molecular weight excluding hydrogens is 236 g/mol. The fourth-order valence-corrected chi connectivity index (χ4v) is 2.90. The van der Waals surface area contributed by atoms with Gasteiger partial charge in [0.1, 0.15) is 0 Å². The summed E-state index contributed by atoms with van der Waals surface area (Å²) in [7, 11) is 0. The van der Waals surface area contributed by atoms with Gasteiger partial charge in [-0.25, -0.2) is 0 Å². The summed E-state index contributed by atoms with van der Waals surface area (Å²) in [5.74, 6) is 0.256. The number of carbonyl (C=O) groups is 1. The standard InChI is InChI=1S/C16H18N2O/c1-11-13(5-4-7-17-11)18-8-6-12-14(18)9-16(2,3)10-15(12)19/h4-8H,9-10H2,1-3H3. The van der Waals surface area contributed by atoms with Crippen molar-refractivity contribution >= 4 is 5.78 Å². The highest BCUT2D eigenvalue weighted by Gasteiger charge is 2.33. The molecule has 0 radical (unpaired) electrons. The number of ketones is 1. The molecule has 0 aliphatic heterocycles. The third-order valence-corrected chi connectivity index (χ3v) is 3.82. The molecule has 0 spiro atoms. The number of aromatic nitrogens is 2. The molecule has 0 atom stereocenters. The maximum Gasteiger partial charge on any atom is 0.165 e. The van der Waals surface area contributed by atoms with Gasteiger partial charge in [0.2, 0.25) is 0 Å². The van der Waals surface area contributed by atoms with Crippen molar-refractivity contribution in [3.8, 4) is 5.69 Å². The summed E-state index contributed by atoms with van der Waals surface area (Å²) in [4.78, 5) is 16.5. The molecule has 0 bridgehead atoms. The molecule has 0 unspecified atom stereocenters. The molecule has 0 fully saturated rings. The Hall–Kier alpha value is -1.90. The van der Waals surface area contributed by atoms with E-state index in [4.69, 9.17) is 0 Å². The monoisotopic (exact) mass is 254 g/mol. The van der Waals surface area contributed by atoms with Gasteiger partial charge >= 0.3 is 0 Å². The van der Waals surface area contributed by atoms with Crippen molar-refractivity contribution in [3.05, 3.63) is 47.5 Å². The lowest BCUT2D eigenvalue weighted by molar-refractivity contribution is 0.0911. The van der Waals surface area contributed by atoms with Gasteiger partial charge in [0.05, 0.1) is 11.4 Å². The predicted molar refractivity (Wildman–Crippen MR) is 74.7 cm³/mol. The van der Waals surface area contributed by atoms with Crippen molar-refractivity contribution in [2.24, 2.45) is 5.41 Å². The number of fused-ring (bicyclic) bond motifs is 1. The first-order chi connectivity index (χ1) is 8.98. The van der Waals surface area contributed by atoms with E-state index in [-0.39, 0.29) is 11.2 Å². The van der Waals surface area contributed by atoms with E-state index in [0.29, 0.717) is 6.42 Å². The molecule has 1 aliphatic rings. The molecule has 3 nitrogen and oxygen atoms in total. The largest absolute Gasteiger partial charge is 0.318 e. The minimum absolute atomic E-state index is 0.0380. The second kappa shape index (κ2) is 4.05. The van der Waals surface area contributed by atoms with E-state index in [9.17, 15) is 4.79 Å². The Morgan fingerprint density at radius 3 is 2.79 bits per heavy atom. The number of aryl methyl sites for hydroxylation is 1. The molecule has 3 heteroatoms. The summed E-state index contributed by atoms with van der Waals surface area (Å²) in [6, 6.07) is 5.93. The first-order valence-corrected chi connectivity index (χ1v) is 6.63.